The van der Waals surface area contributed by atoms with Crippen LogP contribution < -0.4 is 5.32 Å². The Morgan fingerprint density at radius 3 is 2.86 bits per heavy atom. The van der Waals surface area contributed by atoms with Crippen molar-refractivity contribution in [2.45, 2.75) is 37.8 Å². The average Bonchev–Trinajstić information content (AvgIpc) is 2.77. The fourth-order valence-corrected chi connectivity index (χ4v) is 6.68. The molecule has 8 heteroatoms. The SMILES string of the molecule is CCNCc1cc(S(=O)(=O)N2CCOCC2(C)C)c(Br)s1. The van der Waals surface area contributed by atoms with Gasteiger partial charge < -0.3 is 10.1 Å². The van der Waals surface area contributed by atoms with Crippen LogP contribution in [0.3, 0.4) is 0 Å². The van der Waals surface area contributed by atoms with Gasteiger partial charge in [-0.15, -0.1) is 11.3 Å². The molecule has 2 rings (SSSR count). The van der Waals surface area contributed by atoms with Crippen LogP contribution in [0.4, 0.5) is 0 Å². The Bertz CT molecular complexity index is 599. The van der Waals surface area contributed by atoms with Crippen LogP contribution in [-0.4, -0.2) is 44.6 Å². The molecule has 0 saturated carbocycles. The Hall–Kier alpha value is 0.01000. The molecule has 0 amide bonds. The van der Waals surface area contributed by atoms with E-state index >= 15 is 0 Å². The second-order valence-corrected chi connectivity index (χ2v) is 9.86. The minimum atomic E-state index is -3.52. The Labute approximate surface area is 138 Å². The van der Waals surface area contributed by atoms with Crippen molar-refractivity contribution in [3.63, 3.8) is 0 Å². The van der Waals surface area contributed by atoms with Gasteiger partial charge in [0.1, 0.15) is 4.90 Å². The summed E-state index contributed by atoms with van der Waals surface area (Å²) in [5.41, 5.74) is -0.527. The summed E-state index contributed by atoms with van der Waals surface area (Å²) < 4.78 is 33.5. The molecule has 0 aromatic carbocycles. The molecule has 1 saturated heterocycles. The molecule has 120 valence electrons. The van der Waals surface area contributed by atoms with Gasteiger partial charge in [0.2, 0.25) is 10.0 Å². The van der Waals surface area contributed by atoms with E-state index in [1.54, 1.807) is 10.4 Å². The summed E-state index contributed by atoms with van der Waals surface area (Å²) in [7, 11) is -3.52. The number of ether oxygens (including phenoxy) is 1. The van der Waals surface area contributed by atoms with E-state index in [-0.39, 0.29) is 0 Å². The zero-order chi connectivity index (χ0) is 15.7. The van der Waals surface area contributed by atoms with Gasteiger partial charge in [0.05, 0.1) is 22.5 Å². The van der Waals surface area contributed by atoms with Crippen molar-refractivity contribution in [3.8, 4) is 0 Å². The van der Waals surface area contributed by atoms with Gasteiger partial charge in [-0.25, -0.2) is 8.42 Å². The van der Waals surface area contributed by atoms with Crippen molar-refractivity contribution < 1.29 is 13.2 Å². The van der Waals surface area contributed by atoms with Crippen molar-refractivity contribution in [2.24, 2.45) is 0 Å². The minimum Gasteiger partial charge on any atom is -0.378 e. The quantitative estimate of drug-likeness (QED) is 0.829. The van der Waals surface area contributed by atoms with Gasteiger partial charge in [-0.1, -0.05) is 6.92 Å². The van der Waals surface area contributed by atoms with Gasteiger partial charge in [0, 0.05) is 18.0 Å². The van der Waals surface area contributed by atoms with Crippen LogP contribution >= 0.6 is 27.3 Å². The number of sulfonamides is 1. The maximum atomic E-state index is 12.9. The summed E-state index contributed by atoms with van der Waals surface area (Å²) in [5.74, 6) is 0. The van der Waals surface area contributed by atoms with Gasteiger partial charge in [-0.2, -0.15) is 4.31 Å². The molecule has 2 heterocycles. The number of hydrogen-bond donors (Lipinski definition) is 1. The highest BCUT2D eigenvalue weighted by molar-refractivity contribution is 9.11. The Morgan fingerprint density at radius 2 is 2.24 bits per heavy atom. The lowest BCUT2D eigenvalue weighted by molar-refractivity contribution is -0.00771. The third-order valence-corrected chi connectivity index (χ3v) is 7.76. The first-order valence-electron chi connectivity index (χ1n) is 6.88. The summed E-state index contributed by atoms with van der Waals surface area (Å²) in [4.78, 5) is 1.36. The number of nitrogens with zero attached hydrogens (tertiary/aromatic N) is 1. The third kappa shape index (κ3) is 3.68. The normalized spacial score (nSPS) is 19.8. The summed E-state index contributed by atoms with van der Waals surface area (Å²) in [6.07, 6.45) is 0. The smallest absolute Gasteiger partial charge is 0.245 e. The predicted molar refractivity (Wildman–Crippen MR) is 88.2 cm³/mol. The van der Waals surface area contributed by atoms with E-state index < -0.39 is 15.6 Å². The molecule has 21 heavy (non-hydrogen) atoms. The molecule has 1 aliphatic rings. The molecule has 1 fully saturated rings. The second-order valence-electron chi connectivity index (χ2n) is 5.57. The minimum absolute atomic E-state index is 0.357. The summed E-state index contributed by atoms with van der Waals surface area (Å²) >= 11 is 4.87. The van der Waals surface area contributed by atoms with Crippen molar-refractivity contribution in [1.29, 1.82) is 0 Å². The van der Waals surface area contributed by atoms with Gasteiger partial charge in [-0.3, -0.25) is 0 Å². The standard InChI is InChI=1S/C13H21BrN2O3S2/c1-4-15-8-10-7-11(12(14)20-10)21(17,18)16-5-6-19-9-13(16,2)3/h7,15H,4-6,8-9H2,1-3H3. The molecular weight excluding hydrogens is 376 g/mol. The first-order valence-corrected chi connectivity index (χ1v) is 9.93. The Morgan fingerprint density at radius 1 is 1.52 bits per heavy atom. The van der Waals surface area contributed by atoms with E-state index in [2.05, 4.69) is 21.2 Å². The molecule has 0 aliphatic carbocycles. The fraction of sp³-hybridized carbons (Fsp3) is 0.692. The number of rotatable bonds is 5. The van der Waals surface area contributed by atoms with E-state index in [0.29, 0.717) is 35.0 Å². The van der Waals surface area contributed by atoms with Crippen molar-refractivity contribution >= 4 is 37.3 Å². The summed E-state index contributed by atoms with van der Waals surface area (Å²) in [6.45, 7) is 8.59. The van der Waals surface area contributed by atoms with Crippen molar-refractivity contribution in [3.05, 3.63) is 14.7 Å². The number of hydrogen-bond acceptors (Lipinski definition) is 5. The van der Waals surface area contributed by atoms with E-state index in [9.17, 15) is 8.42 Å². The van der Waals surface area contributed by atoms with Gasteiger partial charge >= 0.3 is 0 Å². The van der Waals surface area contributed by atoms with Gasteiger partial charge in [0.25, 0.3) is 0 Å². The van der Waals surface area contributed by atoms with Crippen molar-refractivity contribution in [1.82, 2.24) is 9.62 Å². The maximum absolute atomic E-state index is 12.9. The molecule has 1 aromatic heterocycles. The Balaban J connectivity index is 2.33. The number of nitrogens with one attached hydrogen (secondary N) is 1. The van der Waals surface area contributed by atoms with Gasteiger partial charge in [-0.05, 0) is 42.4 Å². The lowest BCUT2D eigenvalue weighted by atomic mass is 10.1. The Kier molecular flexibility index (Phi) is 5.49. The molecule has 0 unspecified atom stereocenters. The van der Waals surface area contributed by atoms with Crippen LogP contribution in [0, 0.1) is 0 Å². The molecule has 0 bridgehead atoms. The fourth-order valence-electron chi connectivity index (χ4n) is 2.32. The molecular formula is C13H21BrN2O3S2. The third-order valence-electron chi connectivity index (χ3n) is 3.39. The topological polar surface area (TPSA) is 58.6 Å². The molecule has 0 atom stereocenters. The molecule has 1 N–H and O–H groups in total. The van der Waals surface area contributed by atoms with Crippen LogP contribution in [0.25, 0.3) is 0 Å². The average molecular weight is 397 g/mol. The van der Waals surface area contributed by atoms with Gasteiger partial charge in [0.15, 0.2) is 0 Å². The molecule has 0 spiro atoms. The van der Waals surface area contributed by atoms with E-state index in [1.165, 1.54) is 11.3 Å². The predicted octanol–water partition coefficient (Wildman–Crippen LogP) is 2.42. The summed E-state index contributed by atoms with van der Waals surface area (Å²) in [6, 6.07) is 1.76. The second kappa shape index (κ2) is 6.64. The molecule has 1 aromatic rings. The lowest BCUT2D eigenvalue weighted by Gasteiger charge is -2.40. The van der Waals surface area contributed by atoms with Crippen molar-refractivity contribution in [2.75, 3.05) is 26.3 Å². The zero-order valence-corrected chi connectivity index (χ0v) is 15.7. The van der Waals surface area contributed by atoms with E-state index in [1.807, 2.05) is 20.8 Å². The first-order chi connectivity index (χ1) is 9.79. The first kappa shape index (κ1) is 17.4. The molecule has 1 aliphatic heterocycles. The highest BCUT2D eigenvalue weighted by atomic mass is 79.9. The number of morpholine rings is 1. The lowest BCUT2D eigenvalue weighted by Crippen LogP contribution is -2.55. The largest absolute Gasteiger partial charge is 0.378 e. The molecule has 5 nitrogen and oxygen atoms in total. The van der Waals surface area contributed by atoms with Crippen LogP contribution in [0.15, 0.2) is 14.7 Å². The van der Waals surface area contributed by atoms with Crippen LogP contribution in [0.2, 0.25) is 0 Å². The zero-order valence-electron chi connectivity index (χ0n) is 12.5. The molecule has 0 radical (unpaired) electrons. The van der Waals surface area contributed by atoms with Crippen LogP contribution in [0.5, 0.6) is 0 Å². The highest BCUT2D eigenvalue weighted by Crippen LogP contribution is 2.36. The monoisotopic (exact) mass is 396 g/mol. The van der Waals surface area contributed by atoms with E-state index in [0.717, 1.165) is 11.4 Å². The highest BCUT2D eigenvalue weighted by Gasteiger charge is 2.41. The number of thiophene rings is 1. The van der Waals surface area contributed by atoms with Crippen LogP contribution in [0.1, 0.15) is 25.6 Å². The van der Waals surface area contributed by atoms with Crippen LogP contribution in [-0.2, 0) is 21.3 Å². The van der Waals surface area contributed by atoms with E-state index in [4.69, 9.17) is 4.74 Å². The number of halogens is 1. The maximum Gasteiger partial charge on any atom is 0.245 e. The summed E-state index contributed by atoms with van der Waals surface area (Å²) in [5, 5.41) is 3.21.